The number of nitriles is 1. The maximum Gasteiger partial charge on any atom is 0.262 e. The first-order chi connectivity index (χ1) is 11.7. The molecule has 3 rings (SSSR count). The van der Waals surface area contributed by atoms with Gasteiger partial charge in [-0.2, -0.15) is 5.26 Å². The molecule has 2 amide bonds. The molecule has 0 atom stereocenters. The minimum absolute atomic E-state index is 0.130. The zero-order valence-corrected chi connectivity index (χ0v) is 12.9. The second-order valence-electron chi connectivity index (χ2n) is 5.35. The molecule has 2 N–H and O–H groups in total. The van der Waals surface area contributed by atoms with E-state index >= 15 is 0 Å². The van der Waals surface area contributed by atoms with Crippen LogP contribution in [0.15, 0.2) is 60.2 Å². The molecule has 0 radical (unpaired) electrons. The van der Waals surface area contributed by atoms with E-state index in [0.717, 1.165) is 5.56 Å². The van der Waals surface area contributed by atoms with E-state index in [1.807, 2.05) is 36.4 Å². The van der Waals surface area contributed by atoms with Crippen molar-refractivity contribution in [2.75, 3.05) is 11.9 Å². The average Bonchev–Trinajstić information content (AvgIpc) is 2.93. The number of nitrogens with one attached hydrogen (secondary N) is 2. The second-order valence-corrected chi connectivity index (χ2v) is 5.35. The first kappa shape index (κ1) is 15.5. The van der Waals surface area contributed by atoms with Crippen molar-refractivity contribution in [2.45, 2.75) is 6.42 Å². The number of fused-ring (bicyclic) bond motifs is 1. The predicted octanol–water partition coefficient (Wildman–Crippen LogP) is 2.27. The minimum atomic E-state index is -0.532. The van der Waals surface area contributed by atoms with Gasteiger partial charge < -0.3 is 10.6 Å². The van der Waals surface area contributed by atoms with Gasteiger partial charge in [0.25, 0.3) is 11.8 Å². The largest absolute Gasteiger partial charge is 0.351 e. The van der Waals surface area contributed by atoms with Crippen LogP contribution in [-0.2, 0) is 16.0 Å². The van der Waals surface area contributed by atoms with Crippen LogP contribution in [0.4, 0.5) is 5.69 Å². The van der Waals surface area contributed by atoms with Gasteiger partial charge in [-0.1, -0.05) is 48.5 Å². The smallest absolute Gasteiger partial charge is 0.262 e. The highest BCUT2D eigenvalue weighted by Crippen LogP contribution is 2.33. The van der Waals surface area contributed by atoms with Crippen LogP contribution in [-0.4, -0.2) is 18.4 Å². The number of amides is 2. The molecular weight excluding hydrogens is 302 g/mol. The van der Waals surface area contributed by atoms with Crippen molar-refractivity contribution in [3.05, 3.63) is 71.3 Å². The fourth-order valence-corrected chi connectivity index (χ4v) is 2.64. The molecule has 5 nitrogen and oxygen atoms in total. The van der Waals surface area contributed by atoms with Crippen LogP contribution in [0.2, 0.25) is 0 Å². The van der Waals surface area contributed by atoms with E-state index in [4.69, 9.17) is 0 Å². The first-order valence-corrected chi connectivity index (χ1v) is 7.58. The van der Waals surface area contributed by atoms with Gasteiger partial charge in [0.2, 0.25) is 0 Å². The lowest BCUT2D eigenvalue weighted by Gasteiger charge is -2.06. The fraction of sp³-hybridized carbons (Fsp3) is 0.105. The maximum absolute atomic E-state index is 12.3. The number of rotatable bonds is 4. The Labute approximate surface area is 139 Å². The summed E-state index contributed by atoms with van der Waals surface area (Å²) in [6, 6.07) is 18.6. The van der Waals surface area contributed by atoms with E-state index in [1.165, 1.54) is 0 Å². The summed E-state index contributed by atoms with van der Waals surface area (Å²) in [6.07, 6.45) is 0.656. The summed E-state index contributed by atoms with van der Waals surface area (Å²) in [5, 5.41) is 14.8. The molecule has 1 aliphatic heterocycles. The number of nitrogens with zero attached hydrogens (tertiary/aromatic N) is 1. The zero-order chi connectivity index (χ0) is 16.9. The van der Waals surface area contributed by atoms with Crippen molar-refractivity contribution < 1.29 is 9.59 Å². The van der Waals surface area contributed by atoms with Crippen molar-refractivity contribution in [1.29, 1.82) is 5.26 Å². The molecule has 0 aliphatic carbocycles. The monoisotopic (exact) mass is 317 g/mol. The zero-order valence-electron chi connectivity index (χ0n) is 12.9. The highest BCUT2D eigenvalue weighted by molar-refractivity contribution is 6.36. The Kier molecular flexibility index (Phi) is 4.39. The summed E-state index contributed by atoms with van der Waals surface area (Å²) >= 11 is 0. The van der Waals surface area contributed by atoms with Gasteiger partial charge in [0.15, 0.2) is 0 Å². The van der Waals surface area contributed by atoms with E-state index in [2.05, 4.69) is 10.6 Å². The van der Waals surface area contributed by atoms with Gasteiger partial charge in [-0.05, 0) is 18.1 Å². The molecule has 1 aliphatic rings. The first-order valence-electron chi connectivity index (χ1n) is 7.58. The van der Waals surface area contributed by atoms with Gasteiger partial charge in [0, 0.05) is 17.8 Å². The second kappa shape index (κ2) is 6.80. The lowest BCUT2D eigenvalue weighted by atomic mass is 10.0. The summed E-state index contributed by atoms with van der Waals surface area (Å²) < 4.78 is 0. The molecule has 0 unspecified atom stereocenters. The number of hydrogen-bond acceptors (Lipinski definition) is 3. The number of carbonyl (C=O) groups is 2. The third kappa shape index (κ3) is 3.03. The number of carbonyl (C=O) groups excluding carboxylic acids is 2. The minimum Gasteiger partial charge on any atom is -0.351 e. The SMILES string of the molecule is N#CC(C(=O)NCCc1ccccc1)=C1C(=O)Nc2ccccc21. The molecule has 0 saturated heterocycles. The number of hydrogen-bond donors (Lipinski definition) is 2. The van der Waals surface area contributed by atoms with Gasteiger partial charge in [0.05, 0.1) is 5.57 Å². The molecule has 0 aromatic heterocycles. The molecule has 5 heteroatoms. The van der Waals surface area contributed by atoms with Crippen molar-refractivity contribution in [3.8, 4) is 6.07 Å². The lowest BCUT2D eigenvalue weighted by Crippen LogP contribution is -2.28. The molecular formula is C19H15N3O2. The van der Waals surface area contributed by atoms with Crippen LogP contribution in [0.3, 0.4) is 0 Å². The van der Waals surface area contributed by atoms with E-state index in [9.17, 15) is 14.9 Å². The van der Waals surface area contributed by atoms with Crippen molar-refractivity contribution >= 4 is 23.1 Å². The van der Waals surface area contributed by atoms with Gasteiger partial charge in [-0.25, -0.2) is 0 Å². The number of anilines is 1. The van der Waals surface area contributed by atoms with Crippen LogP contribution < -0.4 is 10.6 Å². The van der Waals surface area contributed by atoms with E-state index in [1.54, 1.807) is 24.3 Å². The quantitative estimate of drug-likeness (QED) is 0.670. The summed E-state index contributed by atoms with van der Waals surface area (Å²) in [5.74, 6) is -0.957. The van der Waals surface area contributed by atoms with E-state index < -0.39 is 11.8 Å². The van der Waals surface area contributed by atoms with Crippen LogP contribution in [0, 0.1) is 11.3 Å². The van der Waals surface area contributed by atoms with E-state index in [-0.39, 0.29) is 11.1 Å². The lowest BCUT2D eigenvalue weighted by molar-refractivity contribution is -0.117. The highest BCUT2D eigenvalue weighted by Gasteiger charge is 2.29. The van der Waals surface area contributed by atoms with Crippen LogP contribution in [0.1, 0.15) is 11.1 Å². The summed E-state index contributed by atoms with van der Waals surface area (Å²) in [6.45, 7) is 0.393. The molecule has 0 bridgehead atoms. The Balaban J connectivity index is 1.78. The van der Waals surface area contributed by atoms with Gasteiger partial charge in [-0.3, -0.25) is 9.59 Å². The van der Waals surface area contributed by atoms with Gasteiger partial charge in [0.1, 0.15) is 11.6 Å². The van der Waals surface area contributed by atoms with Crippen molar-refractivity contribution in [2.24, 2.45) is 0 Å². The summed E-state index contributed by atoms with van der Waals surface area (Å²) in [5.41, 5.74) is 2.25. The summed E-state index contributed by atoms with van der Waals surface area (Å²) in [7, 11) is 0. The van der Waals surface area contributed by atoms with Gasteiger partial charge >= 0.3 is 0 Å². The molecule has 24 heavy (non-hydrogen) atoms. The third-order valence-electron chi connectivity index (χ3n) is 3.80. The average molecular weight is 317 g/mol. The van der Waals surface area contributed by atoms with Crippen LogP contribution >= 0.6 is 0 Å². The van der Waals surface area contributed by atoms with Gasteiger partial charge in [-0.15, -0.1) is 0 Å². The Morgan fingerprint density at radius 2 is 1.79 bits per heavy atom. The molecule has 0 spiro atoms. The van der Waals surface area contributed by atoms with E-state index in [0.29, 0.717) is 24.2 Å². The Morgan fingerprint density at radius 3 is 2.54 bits per heavy atom. The number of benzene rings is 2. The molecule has 0 saturated carbocycles. The third-order valence-corrected chi connectivity index (χ3v) is 3.80. The molecule has 118 valence electrons. The van der Waals surface area contributed by atoms with Crippen molar-refractivity contribution in [3.63, 3.8) is 0 Å². The maximum atomic E-state index is 12.3. The Morgan fingerprint density at radius 1 is 1.08 bits per heavy atom. The summed E-state index contributed by atoms with van der Waals surface area (Å²) in [4.78, 5) is 24.5. The normalized spacial score (nSPS) is 14.4. The fourth-order valence-electron chi connectivity index (χ4n) is 2.64. The van der Waals surface area contributed by atoms with Crippen molar-refractivity contribution in [1.82, 2.24) is 5.32 Å². The topological polar surface area (TPSA) is 82.0 Å². The molecule has 2 aromatic carbocycles. The number of para-hydroxylation sites is 1. The van der Waals surface area contributed by atoms with Crippen LogP contribution in [0.5, 0.6) is 0 Å². The molecule has 2 aromatic rings. The molecule has 0 fully saturated rings. The highest BCUT2D eigenvalue weighted by atomic mass is 16.2. The Hall–Kier alpha value is -3.39. The predicted molar refractivity (Wildman–Crippen MR) is 90.8 cm³/mol. The molecule has 1 heterocycles. The van der Waals surface area contributed by atoms with Crippen LogP contribution in [0.25, 0.3) is 5.57 Å². The Bertz CT molecular complexity index is 864. The standard InChI is InChI=1S/C19H15N3O2/c20-12-15(17-14-8-4-5-9-16(14)22-19(17)24)18(23)21-11-10-13-6-2-1-3-7-13/h1-9H,10-11H2,(H,21,23)(H,22,24).